The lowest BCUT2D eigenvalue weighted by Crippen LogP contribution is -1.81. The molecular formula is C9H6ClIN2O. The van der Waals surface area contributed by atoms with Gasteiger partial charge in [-0.05, 0) is 12.1 Å². The van der Waals surface area contributed by atoms with Gasteiger partial charge in [0.15, 0.2) is 5.82 Å². The summed E-state index contributed by atoms with van der Waals surface area (Å²) >= 11 is 8.16. The molecule has 1 heterocycles. The molecule has 0 radical (unpaired) electrons. The summed E-state index contributed by atoms with van der Waals surface area (Å²) in [6.45, 7) is 0. The van der Waals surface area contributed by atoms with E-state index in [4.69, 9.17) is 16.1 Å². The standard InChI is InChI=1S/C9H6ClIN2O/c10-7-4-2-1-3-6(7)9-12-8(5-11)13-14-9/h1-4H,5H2. The van der Waals surface area contributed by atoms with Gasteiger partial charge in [-0.1, -0.05) is 51.5 Å². The molecule has 2 rings (SSSR count). The van der Waals surface area contributed by atoms with Gasteiger partial charge in [0.05, 0.1) is 15.0 Å². The molecule has 14 heavy (non-hydrogen) atoms. The topological polar surface area (TPSA) is 38.9 Å². The molecule has 5 heteroatoms. The fraction of sp³-hybridized carbons (Fsp3) is 0.111. The number of benzene rings is 1. The third-order valence-electron chi connectivity index (χ3n) is 1.69. The molecule has 3 nitrogen and oxygen atoms in total. The summed E-state index contributed by atoms with van der Waals surface area (Å²) in [6.07, 6.45) is 0. The van der Waals surface area contributed by atoms with Crippen molar-refractivity contribution in [1.82, 2.24) is 10.1 Å². The highest BCUT2D eigenvalue weighted by Gasteiger charge is 2.10. The number of aromatic nitrogens is 2. The maximum absolute atomic E-state index is 5.98. The van der Waals surface area contributed by atoms with Crippen molar-refractivity contribution in [1.29, 1.82) is 0 Å². The van der Waals surface area contributed by atoms with Crippen molar-refractivity contribution in [2.45, 2.75) is 4.43 Å². The molecule has 0 atom stereocenters. The minimum Gasteiger partial charge on any atom is -0.334 e. The molecule has 0 fully saturated rings. The Morgan fingerprint density at radius 2 is 2.14 bits per heavy atom. The largest absolute Gasteiger partial charge is 0.334 e. The van der Waals surface area contributed by atoms with Crippen molar-refractivity contribution in [3.8, 4) is 11.5 Å². The van der Waals surface area contributed by atoms with Crippen molar-refractivity contribution in [3.63, 3.8) is 0 Å². The Morgan fingerprint density at radius 3 is 2.79 bits per heavy atom. The molecule has 0 amide bonds. The second kappa shape index (κ2) is 4.27. The summed E-state index contributed by atoms with van der Waals surface area (Å²) in [4.78, 5) is 4.19. The van der Waals surface area contributed by atoms with E-state index < -0.39 is 0 Å². The molecule has 72 valence electrons. The van der Waals surface area contributed by atoms with E-state index in [1.165, 1.54) is 0 Å². The lowest BCUT2D eigenvalue weighted by atomic mass is 10.2. The first-order chi connectivity index (χ1) is 6.81. The molecule has 0 bridgehead atoms. The quantitative estimate of drug-likeness (QED) is 0.629. The van der Waals surface area contributed by atoms with E-state index in [0.29, 0.717) is 16.7 Å². The van der Waals surface area contributed by atoms with Crippen LogP contribution >= 0.6 is 34.2 Å². The summed E-state index contributed by atoms with van der Waals surface area (Å²) in [5.41, 5.74) is 0.776. The minimum absolute atomic E-state index is 0.474. The number of alkyl halides is 1. The fourth-order valence-corrected chi connectivity index (χ4v) is 1.58. The van der Waals surface area contributed by atoms with Crippen LogP contribution in [0.1, 0.15) is 5.82 Å². The van der Waals surface area contributed by atoms with E-state index in [-0.39, 0.29) is 0 Å². The Balaban J connectivity index is 2.44. The molecule has 0 aliphatic rings. The van der Waals surface area contributed by atoms with E-state index in [0.717, 1.165) is 9.99 Å². The van der Waals surface area contributed by atoms with Gasteiger partial charge in [0.2, 0.25) is 0 Å². The highest BCUT2D eigenvalue weighted by molar-refractivity contribution is 14.1. The second-order valence-corrected chi connectivity index (χ2v) is 3.80. The summed E-state index contributed by atoms with van der Waals surface area (Å²) in [7, 11) is 0. The van der Waals surface area contributed by atoms with Crippen LogP contribution in [0.5, 0.6) is 0 Å². The summed E-state index contributed by atoms with van der Waals surface area (Å²) in [6, 6.07) is 7.40. The maximum Gasteiger partial charge on any atom is 0.259 e. The zero-order valence-electron chi connectivity index (χ0n) is 7.08. The van der Waals surface area contributed by atoms with Crippen molar-refractivity contribution >= 4 is 34.2 Å². The molecule has 0 aliphatic heterocycles. The zero-order chi connectivity index (χ0) is 9.97. The number of halogens is 2. The molecule has 1 aromatic carbocycles. The SMILES string of the molecule is Clc1ccccc1-c1nc(CI)no1. The summed E-state index contributed by atoms with van der Waals surface area (Å²) < 4.78 is 5.80. The summed E-state index contributed by atoms with van der Waals surface area (Å²) in [5.74, 6) is 1.16. The Morgan fingerprint density at radius 1 is 1.36 bits per heavy atom. The van der Waals surface area contributed by atoms with Crippen molar-refractivity contribution in [2.75, 3.05) is 0 Å². The van der Waals surface area contributed by atoms with E-state index in [1.54, 1.807) is 6.07 Å². The molecular weight excluding hydrogens is 314 g/mol. The predicted molar refractivity (Wildman–Crippen MR) is 62.5 cm³/mol. The van der Waals surface area contributed by atoms with Crippen molar-refractivity contribution < 1.29 is 4.52 Å². The molecule has 0 N–H and O–H groups in total. The smallest absolute Gasteiger partial charge is 0.259 e. The zero-order valence-corrected chi connectivity index (χ0v) is 9.99. The van der Waals surface area contributed by atoms with Crippen LogP contribution in [0.4, 0.5) is 0 Å². The van der Waals surface area contributed by atoms with Gasteiger partial charge in [-0.2, -0.15) is 4.98 Å². The Bertz CT molecular complexity index is 444. The first-order valence-corrected chi connectivity index (χ1v) is 5.85. The number of rotatable bonds is 2. The number of hydrogen-bond donors (Lipinski definition) is 0. The van der Waals surface area contributed by atoms with Crippen LogP contribution < -0.4 is 0 Å². The monoisotopic (exact) mass is 320 g/mol. The molecule has 0 saturated carbocycles. The van der Waals surface area contributed by atoms with Crippen LogP contribution in [0.3, 0.4) is 0 Å². The third-order valence-corrected chi connectivity index (χ3v) is 2.70. The van der Waals surface area contributed by atoms with Gasteiger partial charge in [0, 0.05) is 0 Å². The van der Waals surface area contributed by atoms with Gasteiger partial charge in [-0.15, -0.1) is 0 Å². The van der Waals surface area contributed by atoms with Gasteiger partial charge in [0.1, 0.15) is 0 Å². The van der Waals surface area contributed by atoms with Gasteiger partial charge in [-0.25, -0.2) is 0 Å². The van der Waals surface area contributed by atoms with Crippen LogP contribution in [0, 0.1) is 0 Å². The van der Waals surface area contributed by atoms with Crippen LogP contribution in [0.15, 0.2) is 28.8 Å². The Kier molecular flexibility index (Phi) is 3.02. The number of nitrogens with zero attached hydrogens (tertiary/aromatic N) is 2. The van der Waals surface area contributed by atoms with Crippen molar-refractivity contribution in [2.24, 2.45) is 0 Å². The van der Waals surface area contributed by atoms with Crippen LogP contribution in [0.25, 0.3) is 11.5 Å². The number of hydrogen-bond acceptors (Lipinski definition) is 3. The Hall–Kier alpha value is -0.620. The van der Waals surface area contributed by atoms with Crippen molar-refractivity contribution in [3.05, 3.63) is 35.1 Å². The molecule has 0 unspecified atom stereocenters. The predicted octanol–water partition coefficient (Wildman–Crippen LogP) is 3.33. The third kappa shape index (κ3) is 1.90. The highest BCUT2D eigenvalue weighted by atomic mass is 127. The van der Waals surface area contributed by atoms with Crippen LogP contribution in [-0.4, -0.2) is 10.1 Å². The van der Waals surface area contributed by atoms with Gasteiger partial charge >= 0.3 is 0 Å². The average Bonchev–Trinajstić information content (AvgIpc) is 2.67. The lowest BCUT2D eigenvalue weighted by Gasteiger charge is -1.95. The molecule has 0 saturated heterocycles. The van der Waals surface area contributed by atoms with E-state index in [2.05, 4.69) is 32.7 Å². The Labute approximate surface area is 99.6 Å². The van der Waals surface area contributed by atoms with E-state index in [1.807, 2.05) is 18.2 Å². The highest BCUT2D eigenvalue weighted by Crippen LogP contribution is 2.25. The second-order valence-electron chi connectivity index (χ2n) is 2.63. The lowest BCUT2D eigenvalue weighted by molar-refractivity contribution is 0.425. The first-order valence-electron chi connectivity index (χ1n) is 3.94. The average molecular weight is 321 g/mol. The molecule has 2 aromatic rings. The molecule has 1 aromatic heterocycles. The van der Waals surface area contributed by atoms with E-state index in [9.17, 15) is 0 Å². The van der Waals surface area contributed by atoms with Gasteiger partial charge < -0.3 is 4.52 Å². The van der Waals surface area contributed by atoms with Gasteiger partial charge in [0.25, 0.3) is 5.89 Å². The molecule has 0 aliphatic carbocycles. The van der Waals surface area contributed by atoms with Gasteiger partial charge in [-0.3, -0.25) is 0 Å². The van der Waals surface area contributed by atoms with Crippen LogP contribution in [-0.2, 0) is 4.43 Å². The normalized spacial score (nSPS) is 10.4. The van der Waals surface area contributed by atoms with E-state index >= 15 is 0 Å². The first kappa shape index (κ1) is 9.92. The summed E-state index contributed by atoms with van der Waals surface area (Å²) in [5, 5.41) is 4.42. The van der Waals surface area contributed by atoms with Crippen LogP contribution in [0.2, 0.25) is 5.02 Å². The molecule has 0 spiro atoms. The minimum atomic E-state index is 0.474. The maximum atomic E-state index is 5.98. The fourth-order valence-electron chi connectivity index (χ4n) is 1.05.